The molecule has 0 radical (unpaired) electrons. The van der Waals surface area contributed by atoms with Crippen LogP contribution in [0.15, 0.2) is 34.3 Å². The number of nitrogens with two attached hydrogens (primary N) is 1. The van der Waals surface area contributed by atoms with Crippen LogP contribution in [0, 0.1) is 0 Å². The van der Waals surface area contributed by atoms with Crippen LogP contribution in [0.2, 0.25) is 0 Å². The van der Waals surface area contributed by atoms with Gasteiger partial charge in [-0.1, -0.05) is 38.0 Å². The second kappa shape index (κ2) is 7.35. The number of unbranched alkanes of at least 4 members (excludes halogenated alkanes) is 2. The first-order valence-electron chi connectivity index (χ1n) is 5.33. The van der Waals surface area contributed by atoms with E-state index in [1.807, 2.05) is 23.9 Å². The molecule has 1 aromatic rings. The molecule has 2 nitrogen and oxygen atoms in total. The number of rotatable bonds is 6. The van der Waals surface area contributed by atoms with Crippen LogP contribution in [0.4, 0.5) is 0 Å². The van der Waals surface area contributed by atoms with Gasteiger partial charge in [-0.3, -0.25) is 0 Å². The summed E-state index contributed by atoms with van der Waals surface area (Å²) in [6, 6.07) is 8.22. The quantitative estimate of drug-likeness (QED) is 0.264. The van der Waals surface area contributed by atoms with Crippen LogP contribution < -0.4 is 5.84 Å². The van der Waals surface area contributed by atoms with E-state index in [9.17, 15) is 0 Å². The fourth-order valence-electron chi connectivity index (χ4n) is 1.33. The first-order valence-corrected chi connectivity index (χ1v) is 6.32. The fourth-order valence-corrected chi connectivity index (χ4v) is 2.36. The van der Waals surface area contributed by atoms with Gasteiger partial charge in [0.1, 0.15) is 0 Å². The highest BCUT2D eigenvalue weighted by atomic mass is 32.2. The van der Waals surface area contributed by atoms with Crippen molar-refractivity contribution in [3.8, 4) is 0 Å². The Bertz CT molecular complexity index is 310. The first kappa shape index (κ1) is 12.1. The summed E-state index contributed by atoms with van der Waals surface area (Å²) in [6.07, 6.45) is 5.56. The largest absolute Gasteiger partial charge is 0.323 e. The van der Waals surface area contributed by atoms with Crippen LogP contribution in [0.3, 0.4) is 0 Å². The molecule has 0 bridgehead atoms. The molecule has 0 amide bonds. The Kier molecular flexibility index (Phi) is 5.93. The average molecular weight is 222 g/mol. The van der Waals surface area contributed by atoms with Crippen LogP contribution in [0.25, 0.3) is 0 Å². The summed E-state index contributed by atoms with van der Waals surface area (Å²) >= 11 is 1.88. The summed E-state index contributed by atoms with van der Waals surface area (Å²) in [4.78, 5) is 1.27. The smallest absolute Gasteiger partial charge is 0.0549 e. The van der Waals surface area contributed by atoms with Gasteiger partial charge in [0.15, 0.2) is 0 Å². The lowest BCUT2D eigenvalue weighted by molar-refractivity contribution is 0.778. The van der Waals surface area contributed by atoms with Gasteiger partial charge in [0.2, 0.25) is 0 Å². The Morgan fingerprint density at radius 1 is 1.33 bits per heavy atom. The van der Waals surface area contributed by atoms with Gasteiger partial charge in [0.25, 0.3) is 0 Å². The lowest BCUT2D eigenvalue weighted by Gasteiger charge is -2.04. The first-order chi connectivity index (χ1) is 7.38. The monoisotopic (exact) mass is 222 g/mol. The Balaban J connectivity index is 2.51. The standard InChI is InChI=1S/C12H18N2S/c1-2-3-6-9-15-12-8-5-4-7-11(12)10-14-13/h4-5,7-8,10H,2-3,6,9,13H2,1H3. The highest BCUT2D eigenvalue weighted by Crippen LogP contribution is 2.22. The van der Waals surface area contributed by atoms with E-state index >= 15 is 0 Å². The molecule has 3 heteroatoms. The summed E-state index contributed by atoms with van der Waals surface area (Å²) in [5, 5.41) is 3.57. The van der Waals surface area contributed by atoms with Crippen molar-refractivity contribution in [1.29, 1.82) is 0 Å². The van der Waals surface area contributed by atoms with E-state index in [1.54, 1.807) is 6.21 Å². The van der Waals surface area contributed by atoms with Gasteiger partial charge in [-0.15, -0.1) is 11.8 Å². The number of hydrogen-bond donors (Lipinski definition) is 1. The lowest BCUT2D eigenvalue weighted by atomic mass is 10.2. The predicted molar refractivity (Wildman–Crippen MR) is 68.5 cm³/mol. The topological polar surface area (TPSA) is 38.4 Å². The third-order valence-electron chi connectivity index (χ3n) is 2.14. The zero-order valence-corrected chi connectivity index (χ0v) is 9.96. The van der Waals surface area contributed by atoms with E-state index in [2.05, 4.69) is 24.2 Å². The Morgan fingerprint density at radius 2 is 2.13 bits per heavy atom. The SMILES string of the molecule is CCCCCSc1ccccc1C=NN. The summed E-state index contributed by atoms with van der Waals surface area (Å²) in [7, 11) is 0. The van der Waals surface area contributed by atoms with Crippen molar-refractivity contribution >= 4 is 18.0 Å². The van der Waals surface area contributed by atoms with Gasteiger partial charge < -0.3 is 5.84 Å². The van der Waals surface area contributed by atoms with Crippen molar-refractivity contribution in [3.05, 3.63) is 29.8 Å². The number of hydrogen-bond acceptors (Lipinski definition) is 3. The molecule has 0 aliphatic rings. The highest BCUT2D eigenvalue weighted by Gasteiger charge is 1.99. The molecule has 1 aromatic carbocycles. The van der Waals surface area contributed by atoms with Crippen molar-refractivity contribution < 1.29 is 0 Å². The van der Waals surface area contributed by atoms with Crippen LogP contribution in [-0.4, -0.2) is 12.0 Å². The average Bonchev–Trinajstić information content (AvgIpc) is 2.27. The summed E-state index contributed by atoms with van der Waals surface area (Å²) in [6.45, 7) is 2.22. The molecule has 0 aromatic heterocycles. The van der Waals surface area contributed by atoms with Crippen molar-refractivity contribution in [1.82, 2.24) is 0 Å². The lowest BCUT2D eigenvalue weighted by Crippen LogP contribution is -1.90. The molecule has 0 aliphatic heterocycles. The molecule has 0 fully saturated rings. The third-order valence-corrected chi connectivity index (χ3v) is 3.31. The maximum Gasteiger partial charge on any atom is 0.0549 e. The summed E-state index contributed by atoms with van der Waals surface area (Å²) in [5.74, 6) is 6.34. The predicted octanol–water partition coefficient (Wildman–Crippen LogP) is 3.26. The molecule has 82 valence electrons. The van der Waals surface area contributed by atoms with E-state index in [0.717, 1.165) is 5.56 Å². The van der Waals surface area contributed by atoms with Gasteiger partial charge >= 0.3 is 0 Å². The third kappa shape index (κ3) is 4.38. The second-order valence-corrected chi connectivity index (χ2v) is 4.51. The maximum atomic E-state index is 5.17. The molecule has 0 atom stereocenters. The Labute approximate surface area is 95.9 Å². The Hall–Kier alpha value is -0.960. The van der Waals surface area contributed by atoms with Crippen LogP contribution in [0.1, 0.15) is 31.7 Å². The molecule has 0 saturated carbocycles. The molecule has 2 N–H and O–H groups in total. The van der Waals surface area contributed by atoms with Gasteiger partial charge in [0.05, 0.1) is 6.21 Å². The van der Waals surface area contributed by atoms with Crippen LogP contribution in [-0.2, 0) is 0 Å². The molecule has 1 rings (SSSR count). The van der Waals surface area contributed by atoms with E-state index in [1.165, 1.54) is 29.9 Å². The number of benzene rings is 1. The maximum absolute atomic E-state index is 5.17. The van der Waals surface area contributed by atoms with E-state index in [0.29, 0.717) is 0 Å². The summed E-state index contributed by atoms with van der Waals surface area (Å²) in [5.41, 5.74) is 1.11. The normalized spacial score (nSPS) is 11.0. The van der Waals surface area contributed by atoms with Crippen molar-refractivity contribution in [2.75, 3.05) is 5.75 Å². The zero-order chi connectivity index (χ0) is 10.9. The van der Waals surface area contributed by atoms with Crippen LogP contribution >= 0.6 is 11.8 Å². The minimum atomic E-state index is 1.11. The van der Waals surface area contributed by atoms with E-state index in [4.69, 9.17) is 5.84 Å². The molecule has 0 saturated heterocycles. The van der Waals surface area contributed by atoms with E-state index < -0.39 is 0 Å². The fraction of sp³-hybridized carbons (Fsp3) is 0.417. The number of thioether (sulfide) groups is 1. The Morgan fingerprint density at radius 3 is 2.87 bits per heavy atom. The zero-order valence-electron chi connectivity index (χ0n) is 9.15. The van der Waals surface area contributed by atoms with Gasteiger partial charge in [-0.05, 0) is 18.2 Å². The van der Waals surface area contributed by atoms with Crippen molar-refractivity contribution in [2.24, 2.45) is 10.9 Å². The van der Waals surface area contributed by atoms with Crippen molar-refractivity contribution in [2.45, 2.75) is 31.1 Å². The van der Waals surface area contributed by atoms with Crippen LogP contribution in [0.5, 0.6) is 0 Å². The van der Waals surface area contributed by atoms with Gasteiger partial charge in [-0.25, -0.2) is 0 Å². The van der Waals surface area contributed by atoms with E-state index in [-0.39, 0.29) is 0 Å². The molecule has 0 unspecified atom stereocenters. The minimum Gasteiger partial charge on any atom is -0.323 e. The number of nitrogens with zero attached hydrogens (tertiary/aromatic N) is 1. The van der Waals surface area contributed by atoms with Gasteiger partial charge in [0, 0.05) is 10.5 Å². The molecular weight excluding hydrogens is 204 g/mol. The van der Waals surface area contributed by atoms with Crippen molar-refractivity contribution in [3.63, 3.8) is 0 Å². The molecule has 0 aliphatic carbocycles. The molecule has 0 spiro atoms. The molecule has 15 heavy (non-hydrogen) atoms. The number of hydrazone groups is 1. The highest BCUT2D eigenvalue weighted by molar-refractivity contribution is 7.99. The van der Waals surface area contributed by atoms with Gasteiger partial charge in [-0.2, -0.15) is 5.10 Å². The second-order valence-electron chi connectivity index (χ2n) is 3.37. The molecule has 0 heterocycles. The summed E-state index contributed by atoms with van der Waals surface area (Å²) < 4.78 is 0. The minimum absolute atomic E-state index is 1.11. The molecular formula is C12H18N2S.